The lowest BCUT2D eigenvalue weighted by Gasteiger charge is -2.33. The minimum absolute atomic E-state index is 0.0572. The summed E-state index contributed by atoms with van der Waals surface area (Å²) in [5.41, 5.74) is 3.81. The molecule has 0 spiro atoms. The summed E-state index contributed by atoms with van der Waals surface area (Å²) in [6.07, 6.45) is 4.85. The lowest BCUT2D eigenvalue weighted by molar-refractivity contribution is -0.134. The van der Waals surface area contributed by atoms with E-state index in [1.165, 1.54) is 16.7 Å². The van der Waals surface area contributed by atoms with Crippen LogP contribution in [0.5, 0.6) is 0 Å². The number of nitrogens with zero attached hydrogens (tertiary/aromatic N) is 2. The third-order valence-electron chi connectivity index (χ3n) is 5.61. The highest BCUT2D eigenvalue weighted by Gasteiger charge is 2.26. The number of hydrogen-bond donors (Lipinski definition) is 2. The number of rotatable bonds is 4. The van der Waals surface area contributed by atoms with Crippen LogP contribution in [0.3, 0.4) is 0 Å². The Hall–Kier alpha value is -2.93. The molecule has 0 atom stereocenters. The van der Waals surface area contributed by atoms with Gasteiger partial charge in [0.15, 0.2) is 0 Å². The number of benzene rings is 1. The average molecular weight is 397 g/mol. The van der Waals surface area contributed by atoms with Gasteiger partial charge >= 0.3 is 0 Å². The van der Waals surface area contributed by atoms with Crippen molar-refractivity contribution in [1.29, 1.82) is 0 Å². The van der Waals surface area contributed by atoms with Gasteiger partial charge in [-0.1, -0.05) is 30.3 Å². The van der Waals surface area contributed by atoms with E-state index in [1.54, 1.807) is 6.07 Å². The van der Waals surface area contributed by atoms with Crippen LogP contribution in [0.15, 0.2) is 47.4 Å². The zero-order chi connectivity index (χ0) is 20.6. The van der Waals surface area contributed by atoms with E-state index >= 15 is 0 Å². The Balaban J connectivity index is 0.000000755. The molecule has 3 heterocycles. The molecule has 1 aromatic heterocycles. The monoisotopic (exact) mass is 397 g/mol. The summed E-state index contributed by atoms with van der Waals surface area (Å²) < 4.78 is 0. The van der Waals surface area contributed by atoms with Crippen molar-refractivity contribution in [3.63, 3.8) is 0 Å². The minimum Gasteiger partial charge on any atom is -0.483 e. The molecule has 4 rings (SSSR count). The van der Waals surface area contributed by atoms with E-state index in [0.29, 0.717) is 12.5 Å². The molecular weight excluding hydrogens is 370 g/mol. The molecule has 7 nitrogen and oxygen atoms in total. The lowest BCUT2D eigenvalue weighted by atomic mass is 9.90. The highest BCUT2D eigenvalue weighted by Crippen LogP contribution is 2.24. The quantitative estimate of drug-likeness (QED) is 0.769. The number of amides is 1. The van der Waals surface area contributed by atoms with Gasteiger partial charge in [0.05, 0.1) is 6.54 Å². The van der Waals surface area contributed by atoms with Crippen molar-refractivity contribution in [1.82, 2.24) is 14.8 Å². The average Bonchev–Trinajstić information content (AvgIpc) is 3.13. The number of H-pyrrole nitrogens is 1. The van der Waals surface area contributed by atoms with Gasteiger partial charge in [0, 0.05) is 38.4 Å². The van der Waals surface area contributed by atoms with Gasteiger partial charge in [-0.25, -0.2) is 0 Å². The second-order valence-electron chi connectivity index (χ2n) is 7.61. The van der Waals surface area contributed by atoms with Crippen LogP contribution < -0.4 is 5.56 Å². The van der Waals surface area contributed by atoms with Gasteiger partial charge in [0.25, 0.3) is 6.47 Å². The van der Waals surface area contributed by atoms with Crippen molar-refractivity contribution in [2.75, 3.05) is 19.6 Å². The van der Waals surface area contributed by atoms with Crippen molar-refractivity contribution in [3.05, 3.63) is 69.6 Å². The lowest BCUT2D eigenvalue weighted by Crippen LogP contribution is -2.43. The largest absolute Gasteiger partial charge is 0.483 e. The number of pyridine rings is 1. The number of carbonyl (C=O) groups is 2. The second-order valence-corrected chi connectivity index (χ2v) is 7.61. The van der Waals surface area contributed by atoms with Gasteiger partial charge in [-0.05, 0) is 41.9 Å². The molecule has 7 heteroatoms. The number of piperidine rings is 1. The Morgan fingerprint density at radius 3 is 2.28 bits per heavy atom. The Kier molecular flexibility index (Phi) is 7.19. The molecule has 1 fully saturated rings. The molecule has 0 bridgehead atoms. The van der Waals surface area contributed by atoms with E-state index in [0.717, 1.165) is 45.4 Å². The maximum atomic E-state index is 12.7. The minimum atomic E-state index is -0.250. The number of likely N-dealkylation sites (tertiary alicyclic amines) is 1. The molecule has 1 amide bonds. The number of aromatic nitrogens is 1. The van der Waals surface area contributed by atoms with E-state index in [-0.39, 0.29) is 17.9 Å². The molecule has 29 heavy (non-hydrogen) atoms. The number of hydrogen-bond acceptors (Lipinski definition) is 4. The molecule has 2 aromatic rings. The number of carbonyl (C=O) groups excluding carboxylic acids is 1. The summed E-state index contributed by atoms with van der Waals surface area (Å²) in [7, 11) is 0. The van der Waals surface area contributed by atoms with Crippen molar-refractivity contribution >= 4 is 12.4 Å². The molecule has 0 saturated carbocycles. The van der Waals surface area contributed by atoms with Crippen LogP contribution >= 0.6 is 0 Å². The molecule has 2 aliphatic rings. The predicted molar refractivity (Wildman–Crippen MR) is 109 cm³/mol. The predicted octanol–water partition coefficient (Wildman–Crippen LogP) is 1.87. The van der Waals surface area contributed by atoms with Crippen LogP contribution in [0, 0.1) is 5.92 Å². The van der Waals surface area contributed by atoms with Crippen LogP contribution in [0.2, 0.25) is 0 Å². The topological polar surface area (TPSA) is 93.7 Å². The van der Waals surface area contributed by atoms with Gasteiger partial charge in [-0.3, -0.25) is 19.3 Å². The fourth-order valence-electron chi connectivity index (χ4n) is 4.10. The number of fused-ring (bicyclic) bond motifs is 1. The number of nitrogens with one attached hydrogen (secondary N) is 1. The Bertz CT molecular complexity index is 842. The maximum Gasteiger partial charge on any atom is 0.290 e. The van der Waals surface area contributed by atoms with Crippen LogP contribution in [0.4, 0.5) is 0 Å². The zero-order valence-electron chi connectivity index (χ0n) is 16.4. The van der Waals surface area contributed by atoms with Crippen LogP contribution in [-0.2, 0) is 29.1 Å². The highest BCUT2D eigenvalue weighted by molar-refractivity contribution is 5.78. The summed E-state index contributed by atoms with van der Waals surface area (Å²) in [5.74, 6) is 0.835. The van der Waals surface area contributed by atoms with E-state index in [9.17, 15) is 9.59 Å². The Morgan fingerprint density at radius 2 is 1.72 bits per heavy atom. The number of carboxylic acid groups (broad SMARTS) is 1. The third kappa shape index (κ3) is 5.77. The molecule has 1 aromatic carbocycles. The van der Waals surface area contributed by atoms with Crippen LogP contribution in [0.1, 0.15) is 29.5 Å². The second kappa shape index (κ2) is 10.0. The first-order valence-corrected chi connectivity index (χ1v) is 9.91. The Morgan fingerprint density at radius 1 is 1.10 bits per heavy atom. The number of aromatic amines is 1. The SMILES string of the molecule is O=C(CN1Cc2ccccc2C1)N1CCC(Cc2ccc(=O)[nH]c2)CC1.O=CO. The van der Waals surface area contributed by atoms with Gasteiger partial charge in [0.1, 0.15) is 0 Å². The normalized spacial score (nSPS) is 16.6. The molecule has 0 radical (unpaired) electrons. The van der Waals surface area contributed by atoms with Crippen molar-refractivity contribution < 1.29 is 14.7 Å². The maximum absolute atomic E-state index is 12.7. The van der Waals surface area contributed by atoms with E-state index in [2.05, 4.69) is 34.1 Å². The summed E-state index contributed by atoms with van der Waals surface area (Å²) >= 11 is 0. The summed E-state index contributed by atoms with van der Waals surface area (Å²) in [5, 5.41) is 6.89. The van der Waals surface area contributed by atoms with Gasteiger partial charge in [-0.15, -0.1) is 0 Å². The van der Waals surface area contributed by atoms with Crippen molar-refractivity contribution in [2.24, 2.45) is 5.92 Å². The van der Waals surface area contributed by atoms with Crippen LogP contribution in [0.25, 0.3) is 0 Å². The molecule has 2 aliphatic heterocycles. The first kappa shape index (κ1) is 20.8. The van der Waals surface area contributed by atoms with Gasteiger partial charge < -0.3 is 15.0 Å². The van der Waals surface area contributed by atoms with Gasteiger partial charge in [0.2, 0.25) is 11.5 Å². The fraction of sp³-hybridized carbons (Fsp3) is 0.409. The van der Waals surface area contributed by atoms with E-state index < -0.39 is 0 Å². The van der Waals surface area contributed by atoms with Crippen LogP contribution in [-0.4, -0.2) is 51.9 Å². The summed E-state index contributed by atoms with van der Waals surface area (Å²) in [6, 6.07) is 11.9. The molecule has 2 N–H and O–H groups in total. The first-order chi connectivity index (χ1) is 14.1. The fourth-order valence-corrected chi connectivity index (χ4v) is 4.10. The Labute approximate surface area is 170 Å². The van der Waals surface area contributed by atoms with Gasteiger partial charge in [-0.2, -0.15) is 0 Å². The highest BCUT2D eigenvalue weighted by atomic mass is 16.3. The molecule has 0 aliphatic carbocycles. The standard InChI is InChI=1S/C21H25N3O2.CH2O2/c25-20-6-5-17(12-22-20)11-16-7-9-24(10-8-16)21(26)15-23-13-18-3-1-2-4-19(18)14-23;2-1-3/h1-6,12,16H,7-11,13-15H2,(H,22,25);1H,(H,2,3). The summed E-state index contributed by atoms with van der Waals surface area (Å²) in [4.78, 5) is 39.2. The molecular formula is C22H27N3O4. The molecule has 1 saturated heterocycles. The smallest absolute Gasteiger partial charge is 0.290 e. The third-order valence-corrected chi connectivity index (χ3v) is 5.61. The molecule has 154 valence electrons. The van der Waals surface area contributed by atoms with E-state index in [1.807, 2.05) is 17.2 Å². The van der Waals surface area contributed by atoms with E-state index in [4.69, 9.17) is 9.90 Å². The first-order valence-electron chi connectivity index (χ1n) is 9.91. The zero-order valence-corrected chi connectivity index (χ0v) is 16.4. The van der Waals surface area contributed by atoms with Crippen molar-refractivity contribution in [3.8, 4) is 0 Å². The van der Waals surface area contributed by atoms with Crippen molar-refractivity contribution in [2.45, 2.75) is 32.4 Å². The molecule has 0 unspecified atom stereocenters. The summed E-state index contributed by atoms with van der Waals surface area (Å²) in [6.45, 7) is 3.70.